The second kappa shape index (κ2) is 19.6. The lowest BCUT2D eigenvalue weighted by molar-refractivity contribution is 0.673. The summed E-state index contributed by atoms with van der Waals surface area (Å²) in [5.74, 6) is 0. The standard InChI is InChI=1S/C60H22B17NO/c61-41-36(33-22-25-10-2-3-13-27(25)30-15-5-6-16-31(30)33)42(62)55(75)58(54(41)74)78(26-12-7-11-24(21-26)28-17-8-18-34-35(28)32-20-19-23-9-1-4-14-29(23)60(32)79-34)59-56(76)49(69)40(50(70)57(59)77)38-45(65)43(63)37(44(64)46(38)66)39-47(67)51(71)53(73)52(72)48(39)68/h1-22H. The van der Waals surface area contributed by atoms with Crippen molar-refractivity contribution in [3.63, 3.8) is 0 Å². The SMILES string of the molecule is [B]c1c([B])c([B])c(-c2c([B])c([B])c(-c3c([B])c([B])c(N(c4cccc(-c5cccc6oc7c8ccccc8ccc7c56)c4)c4c([B])c([B])c(-c5cc6ccccc6c6ccccc56)c([B])c4[B])c([B])c3[B])c([B])c2[B])c([B])c1[B]. The molecule has 0 fully saturated rings. The lowest BCUT2D eigenvalue weighted by Gasteiger charge is -2.37. The van der Waals surface area contributed by atoms with Crippen molar-refractivity contribution in [2.24, 2.45) is 0 Å². The highest BCUT2D eigenvalue weighted by molar-refractivity contribution is 6.72. The van der Waals surface area contributed by atoms with E-state index in [9.17, 15) is 0 Å². The van der Waals surface area contributed by atoms with Gasteiger partial charge in [0, 0.05) is 33.2 Å². The number of hydrogen-bond donors (Lipinski definition) is 0. The predicted molar refractivity (Wildman–Crippen MR) is 354 cm³/mol. The van der Waals surface area contributed by atoms with Crippen LogP contribution in [0.4, 0.5) is 17.1 Å². The van der Waals surface area contributed by atoms with Crippen LogP contribution < -0.4 is 97.8 Å². The molecular formula is C60H22B17NO. The van der Waals surface area contributed by atoms with Crippen LogP contribution in [0.5, 0.6) is 0 Å². The van der Waals surface area contributed by atoms with Gasteiger partial charge in [0.25, 0.3) is 0 Å². The van der Waals surface area contributed by atoms with Crippen molar-refractivity contribution in [1.29, 1.82) is 0 Å². The number of rotatable bonds is 7. The van der Waals surface area contributed by atoms with Gasteiger partial charge in [-0.25, -0.2) is 0 Å². The molecule has 0 saturated heterocycles. The van der Waals surface area contributed by atoms with Gasteiger partial charge in [0.05, 0.1) is 0 Å². The summed E-state index contributed by atoms with van der Waals surface area (Å²) in [5.41, 5.74) is 3.97. The first kappa shape index (κ1) is 52.6. The lowest BCUT2D eigenvalue weighted by Crippen LogP contribution is -2.57. The molecule has 34 radical (unpaired) electrons. The largest absolute Gasteiger partial charge is 0.455 e. The Labute approximate surface area is 481 Å². The van der Waals surface area contributed by atoms with Crippen molar-refractivity contribution < 1.29 is 4.42 Å². The van der Waals surface area contributed by atoms with Crippen molar-refractivity contribution in [2.45, 2.75) is 0 Å². The smallest absolute Gasteiger partial charge is 0.143 e. The van der Waals surface area contributed by atoms with Gasteiger partial charge < -0.3 is 9.32 Å². The third-order valence-corrected chi connectivity index (χ3v) is 15.4. The molecule has 0 amide bonds. The first-order valence-corrected chi connectivity index (χ1v) is 24.8. The Morgan fingerprint density at radius 2 is 0.709 bits per heavy atom. The van der Waals surface area contributed by atoms with Crippen LogP contribution in [0.3, 0.4) is 0 Å². The number of fused-ring (bicyclic) bond motifs is 8. The number of anilines is 3. The Morgan fingerprint density at radius 1 is 0.278 bits per heavy atom. The van der Waals surface area contributed by atoms with Crippen LogP contribution in [0.2, 0.25) is 0 Å². The van der Waals surface area contributed by atoms with Gasteiger partial charge in [-0.2, -0.15) is 0 Å². The molecule has 12 aromatic rings. The summed E-state index contributed by atoms with van der Waals surface area (Å²) in [5, 5.41) is 7.65. The van der Waals surface area contributed by atoms with Crippen LogP contribution in [-0.2, 0) is 0 Å². The van der Waals surface area contributed by atoms with E-state index < -0.39 is 0 Å². The average molecular weight is 957 g/mol. The molecule has 0 aliphatic carbocycles. The van der Waals surface area contributed by atoms with Crippen molar-refractivity contribution in [2.75, 3.05) is 4.90 Å². The summed E-state index contributed by atoms with van der Waals surface area (Å²) in [4.78, 5) is 1.64. The van der Waals surface area contributed by atoms with Gasteiger partial charge in [-0.15, -0.1) is 16.4 Å². The predicted octanol–water partition coefficient (Wildman–Crippen LogP) is -3.32. The summed E-state index contributed by atoms with van der Waals surface area (Å²) in [6.07, 6.45) is 0. The van der Waals surface area contributed by atoms with Crippen LogP contribution in [-0.4, -0.2) is 133 Å². The van der Waals surface area contributed by atoms with Crippen molar-refractivity contribution >= 4 is 298 Å². The van der Waals surface area contributed by atoms with E-state index in [0.29, 0.717) is 22.4 Å². The second-order valence-electron chi connectivity index (χ2n) is 19.6. The topological polar surface area (TPSA) is 16.4 Å². The quantitative estimate of drug-likeness (QED) is 0.123. The van der Waals surface area contributed by atoms with Crippen LogP contribution in [0, 0.1) is 0 Å². The molecule has 11 aromatic carbocycles. The highest BCUT2D eigenvalue weighted by atomic mass is 16.3. The summed E-state index contributed by atoms with van der Waals surface area (Å²) in [6, 6.07) is 43.7. The van der Waals surface area contributed by atoms with Crippen molar-refractivity contribution in [3.05, 3.63) is 133 Å². The second-order valence-corrected chi connectivity index (χ2v) is 19.6. The Kier molecular flexibility index (Phi) is 13.1. The van der Waals surface area contributed by atoms with Gasteiger partial charge >= 0.3 is 0 Å². The van der Waals surface area contributed by atoms with E-state index in [2.05, 4.69) is 18.2 Å². The molecule has 324 valence electrons. The Balaban J connectivity index is 1.12. The van der Waals surface area contributed by atoms with Crippen molar-refractivity contribution in [1.82, 2.24) is 0 Å². The molecule has 0 spiro atoms. The highest BCUT2D eigenvalue weighted by Crippen LogP contribution is 2.42. The van der Waals surface area contributed by atoms with Crippen LogP contribution in [0.15, 0.2) is 138 Å². The minimum atomic E-state index is -0.135. The molecule has 12 rings (SSSR count). The summed E-state index contributed by atoms with van der Waals surface area (Å²) < 4.78 is 6.60. The van der Waals surface area contributed by atoms with Crippen LogP contribution in [0.1, 0.15) is 0 Å². The maximum atomic E-state index is 7.36. The maximum Gasteiger partial charge on any atom is 0.143 e. The first-order chi connectivity index (χ1) is 37.8. The molecule has 0 bridgehead atoms. The molecule has 79 heavy (non-hydrogen) atoms. The fourth-order valence-electron chi connectivity index (χ4n) is 11.4. The van der Waals surface area contributed by atoms with E-state index in [1.807, 2.05) is 115 Å². The Hall–Kier alpha value is -7.10. The molecule has 0 unspecified atom stereocenters. The van der Waals surface area contributed by atoms with Gasteiger partial charge in [0.2, 0.25) is 0 Å². The number of furan rings is 1. The van der Waals surface area contributed by atoms with E-state index in [1.165, 1.54) is 0 Å². The fourth-order valence-corrected chi connectivity index (χ4v) is 11.4. The van der Waals surface area contributed by atoms with Gasteiger partial charge in [-0.3, -0.25) is 0 Å². The van der Waals surface area contributed by atoms with Crippen LogP contribution in [0.25, 0.3) is 98.8 Å². The summed E-state index contributed by atoms with van der Waals surface area (Å²) in [6.45, 7) is 0. The Bertz CT molecular complexity index is 4550. The van der Waals surface area contributed by atoms with Gasteiger partial charge in [0.1, 0.15) is 145 Å². The molecule has 19 heteroatoms. The van der Waals surface area contributed by atoms with E-state index >= 15 is 0 Å². The van der Waals surface area contributed by atoms with E-state index in [1.54, 1.807) is 4.90 Å². The van der Waals surface area contributed by atoms with Gasteiger partial charge in [-0.1, -0.05) is 180 Å². The van der Waals surface area contributed by atoms with E-state index in [4.69, 9.17) is 138 Å². The molecule has 0 atom stereocenters. The van der Waals surface area contributed by atoms with Crippen molar-refractivity contribution in [3.8, 4) is 44.5 Å². The van der Waals surface area contributed by atoms with E-state index in [0.717, 1.165) is 59.8 Å². The molecule has 0 aliphatic rings. The molecule has 1 aromatic heterocycles. The first-order valence-electron chi connectivity index (χ1n) is 24.8. The zero-order valence-electron chi connectivity index (χ0n) is 42.4. The molecule has 2 nitrogen and oxygen atoms in total. The minimum absolute atomic E-state index is 0.00784. The third-order valence-electron chi connectivity index (χ3n) is 15.4. The van der Waals surface area contributed by atoms with Gasteiger partial charge in [0.15, 0.2) is 0 Å². The summed E-state index contributed by atoms with van der Waals surface area (Å²) in [7, 11) is 117. The highest BCUT2D eigenvalue weighted by Gasteiger charge is 2.29. The molecule has 0 N–H and O–H groups in total. The lowest BCUT2D eigenvalue weighted by atomic mass is 9.55. The van der Waals surface area contributed by atoms with Crippen LogP contribution >= 0.6 is 0 Å². The molecular weight excluding hydrogens is 934 g/mol. The molecule has 1 heterocycles. The molecule has 0 saturated carbocycles. The third kappa shape index (κ3) is 7.86. The fraction of sp³-hybridized carbons (Fsp3) is 0. The van der Waals surface area contributed by atoms with E-state index in [-0.39, 0.29) is 126 Å². The molecule has 0 aliphatic heterocycles. The monoisotopic (exact) mass is 959 g/mol. The minimum Gasteiger partial charge on any atom is -0.455 e. The average Bonchev–Trinajstić information content (AvgIpc) is 4.01. The maximum absolute atomic E-state index is 7.36. The van der Waals surface area contributed by atoms with Gasteiger partial charge in [-0.05, 0) is 102 Å². The number of hydrogen-bond acceptors (Lipinski definition) is 2. The number of nitrogens with zero attached hydrogens (tertiary/aromatic N) is 1. The number of benzene rings is 11. The normalized spacial score (nSPS) is 11.6. The zero-order chi connectivity index (χ0) is 55.8. The summed E-state index contributed by atoms with van der Waals surface area (Å²) >= 11 is 0. The zero-order valence-corrected chi connectivity index (χ0v) is 42.4. The Morgan fingerprint density at radius 3 is 1.27 bits per heavy atom.